The van der Waals surface area contributed by atoms with E-state index in [9.17, 15) is 9.59 Å². The zero-order valence-electron chi connectivity index (χ0n) is 16.2. The first kappa shape index (κ1) is 20.1. The summed E-state index contributed by atoms with van der Waals surface area (Å²) in [7, 11) is 0. The number of morpholine rings is 1. The van der Waals surface area contributed by atoms with Crippen molar-refractivity contribution in [1.29, 1.82) is 0 Å². The van der Waals surface area contributed by atoms with Crippen LogP contribution < -0.4 is 0 Å². The molecule has 2 rings (SSSR count). The predicted octanol–water partition coefficient (Wildman–Crippen LogP) is 0.108. The molecule has 0 aromatic rings. The molecule has 0 aromatic carbocycles. The molecule has 0 spiro atoms. The van der Waals surface area contributed by atoms with Crippen molar-refractivity contribution in [2.24, 2.45) is 0 Å². The van der Waals surface area contributed by atoms with Gasteiger partial charge >= 0.3 is 0 Å². The lowest BCUT2D eigenvalue weighted by atomic mass is 10.2. The van der Waals surface area contributed by atoms with Crippen molar-refractivity contribution < 1.29 is 14.3 Å². The third kappa shape index (κ3) is 5.94. The second-order valence-corrected chi connectivity index (χ2v) is 7.17. The fourth-order valence-electron chi connectivity index (χ4n) is 3.65. The normalized spacial score (nSPS) is 25.8. The number of piperazine rings is 1. The molecule has 0 aliphatic carbocycles. The first-order valence-electron chi connectivity index (χ1n) is 9.58. The van der Waals surface area contributed by atoms with Gasteiger partial charge in [0.05, 0.1) is 25.3 Å². The van der Waals surface area contributed by atoms with Crippen LogP contribution in [0.25, 0.3) is 0 Å². The van der Waals surface area contributed by atoms with Crippen LogP contribution in [0.15, 0.2) is 0 Å². The molecule has 0 aromatic heterocycles. The van der Waals surface area contributed by atoms with E-state index in [1.807, 2.05) is 37.5 Å². The van der Waals surface area contributed by atoms with Gasteiger partial charge in [0, 0.05) is 52.4 Å². The summed E-state index contributed by atoms with van der Waals surface area (Å²) < 4.78 is 5.70. The number of hydrogen-bond acceptors (Lipinski definition) is 5. The molecule has 2 atom stereocenters. The highest BCUT2D eigenvalue weighted by Gasteiger charge is 2.28. The smallest absolute Gasteiger partial charge is 0.236 e. The van der Waals surface area contributed by atoms with E-state index in [4.69, 9.17) is 4.74 Å². The summed E-state index contributed by atoms with van der Waals surface area (Å²) in [6.45, 7) is 15.3. The van der Waals surface area contributed by atoms with E-state index in [0.717, 1.165) is 39.3 Å². The third-order valence-electron chi connectivity index (χ3n) is 5.07. The Hall–Kier alpha value is -1.18. The van der Waals surface area contributed by atoms with E-state index in [0.29, 0.717) is 26.2 Å². The van der Waals surface area contributed by atoms with Crippen LogP contribution in [0.4, 0.5) is 0 Å². The van der Waals surface area contributed by atoms with Gasteiger partial charge in [-0.3, -0.25) is 19.4 Å². The Bertz CT molecular complexity index is 438. The molecule has 2 heterocycles. The molecule has 0 saturated carbocycles. The molecule has 2 aliphatic heterocycles. The topological polar surface area (TPSA) is 56.3 Å². The van der Waals surface area contributed by atoms with Gasteiger partial charge in [-0.1, -0.05) is 0 Å². The van der Waals surface area contributed by atoms with Crippen LogP contribution in [0.2, 0.25) is 0 Å². The van der Waals surface area contributed by atoms with Crippen molar-refractivity contribution in [1.82, 2.24) is 19.6 Å². The summed E-state index contributed by atoms with van der Waals surface area (Å²) >= 11 is 0. The van der Waals surface area contributed by atoms with E-state index in [1.54, 1.807) is 0 Å². The summed E-state index contributed by atoms with van der Waals surface area (Å²) in [6.07, 6.45) is 0.214. The lowest BCUT2D eigenvalue weighted by Crippen LogP contribution is -2.54. The monoisotopic (exact) mass is 354 g/mol. The van der Waals surface area contributed by atoms with Gasteiger partial charge in [0.2, 0.25) is 11.8 Å². The lowest BCUT2D eigenvalue weighted by Gasteiger charge is -2.38. The van der Waals surface area contributed by atoms with Gasteiger partial charge < -0.3 is 14.5 Å². The Morgan fingerprint density at radius 2 is 1.40 bits per heavy atom. The van der Waals surface area contributed by atoms with Crippen LogP contribution in [0.3, 0.4) is 0 Å². The van der Waals surface area contributed by atoms with Crippen LogP contribution in [-0.2, 0) is 14.3 Å². The second kappa shape index (κ2) is 9.50. The number of nitrogens with zero attached hydrogens (tertiary/aromatic N) is 4. The lowest BCUT2D eigenvalue weighted by molar-refractivity contribution is -0.145. The summed E-state index contributed by atoms with van der Waals surface area (Å²) in [4.78, 5) is 32.9. The molecule has 2 amide bonds. The molecule has 2 unspecified atom stereocenters. The molecule has 7 nitrogen and oxygen atoms in total. The molecule has 7 heteroatoms. The summed E-state index contributed by atoms with van der Waals surface area (Å²) in [5, 5.41) is 0. The summed E-state index contributed by atoms with van der Waals surface area (Å²) in [5.74, 6) is 0.389. The quantitative estimate of drug-likeness (QED) is 0.678. The van der Waals surface area contributed by atoms with Crippen LogP contribution in [0.5, 0.6) is 0 Å². The number of carbonyl (C=O) groups excluding carboxylic acids is 2. The van der Waals surface area contributed by atoms with Crippen LogP contribution in [-0.4, -0.2) is 109 Å². The van der Waals surface area contributed by atoms with Gasteiger partial charge in [0.25, 0.3) is 0 Å². The number of rotatable bonds is 6. The van der Waals surface area contributed by atoms with Gasteiger partial charge in [-0.15, -0.1) is 0 Å². The van der Waals surface area contributed by atoms with Crippen molar-refractivity contribution in [2.45, 2.75) is 39.9 Å². The Balaban J connectivity index is 1.73. The molecule has 25 heavy (non-hydrogen) atoms. The Morgan fingerprint density at radius 3 is 1.88 bits per heavy atom. The fraction of sp³-hybridized carbons (Fsp3) is 0.889. The second-order valence-electron chi connectivity index (χ2n) is 7.17. The minimum atomic E-state index is 0.107. The Morgan fingerprint density at radius 1 is 0.920 bits per heavy atom. The van der Waals surface area contributed by atoms with Crippen LogP contribution >= 0.6 is 0 Å². The van der Waals surface area contributed by atoms with Gasteiger partial charge in [-0.05, 0) is 27.7 Å². The average Bonchev–Trinajstić information content (AvgIpc) is 2.57. The van der Waals surface area contributed by atoms with E-state index < -0.39 is 0 Å². The van der Waals surface area contributed by atoms with E-state index >= 15 is 0 Å². The van der Waals surface area contributed by atoms with Gasteiger partial charge in [-0.25, -0.2) is 0 Å². The molecule has 144 valence electrons. The molecule has 2 aliphatic rings. The number of likely N-dealkylation sites (N-methyl/N-ethyl adjacent to an activating group) is 1. The fourth-order valence-corrected chi connectivity index (χ4v) is 3.65. The molecular formula is C18H34N4O3. The largest absolute Gasteiger partial charge is 0.372 e. The number of hydrogen-bond donors (Lipinski definition) is 0. The number of carbonyl (C=O) groups is 2. The maximum absolute atomic E-state index is 12.5. The van der Waals surface area contributed by atoms with Gasteiger partial charge in [-0.2, -0.15) is 0 Å². The minimum Gasteiger partial charge on any atom is -0.372 e. The first-order chi connectivity index (χ1) is 11.9. The SMILES string of the molecule is CCN(CC)C(=O)CN1CCN(CC(=O)N2CC(C)OC(C)C2)CC1. The molecule has 0 bridgehead atoms. The molecule has 2 saturated heterocycles. The molecule has 0 radical (unpaired) electrons. The molecule has 2 fully saturated rings. The highest BCUT2D eigenvalue weighted by molar-refractivity contribution is 5.79. The molecular weight excluding hydrogens is 320 g/mol. The minimum absolute atomic E-state index is 0.107. The number of ether oxygens (including phenoxy) is 1. The van der Waals surface area contributed by atoms with E-state index in [1.165, 1.54) is 0 Å². The average molecular weight is 354 g/mol. The zero-order valence-corrected chi connectivity index (χ0v) is 16.2. The predicted molar refractivity (Wildman–Crippen MR) is 97.4 cm³/mol. The van der Waals surface area contributed by atoms with Gasteiger partial charge in [0.1, 0.15) is 0 Å². The Kier molecular flexibility index (Phi) is 7.65. The maximum Gasteiger partial charge on any atom is 0.236 e. The molecule has 0 N–H and O–H groups in total. The van der Waals surface area contributed by atoms with Crippen LogP contribution in [0, 0.1) is 0 Å². The summed E-state index contributed by atoms with van der Waals surface area (Å²) in [5.41, 5.74) is 0. The van der Waals surface area contributed by atoms with Crippen molar-refractivity contribution in [2.75, 3.05) is 65.4 Å². The van der Waals surface area contributed by atoms with Crippen molar-refractivity contribution in [3.8, 4) is 0 Å². The van der Waals surface area contributed by atoms with Crippen molar-refractivity contribution >= 4 is 11.8 Å². The van der Waals surface area contributed by atoms with Crippen molar-refractivity contribution in [3.63, 3.8) is 0 Å². The summed E-state index contributed by atoms with van der Waals surface area (Å²) in [6, 6.07) is 0. The number of amides is 2. The zero-order chi connectivity index (χ0) is 18.4. The highest BCUT2D eigenvalue weighted by atomic mass is 16.5. The Labute approximate surface area is 151 Å². The maximum atomic E-state index is 12.5. The standard InChI is InChI=1S/C18H34N4O3/c1-5-21(6-2)17(23)13-19-7-9-20(10-8-19)14-18(24)22-11-15(3)25-16(4)12-22/h15-16H,5-14H2,1-4H3. The highest BCUT2D eigenvalue weighted by Crippen LogP contribution is 2.12. The van der Waals surface area contributed by atoms with Crippen molar-refractivity contribution in [3.05, 3.63) is 0 Å². The first-order valence-corrected chi connectivity index (χ1v) is 9.58. The van der Waals surface area contributed by atoms with E-state index in [2.05, 4.69) is 9.80 Å². The third-order valence-corrected chi connectivity index (χ3v) is 5.07. The van der Waals surface area contributed by atoms with Crippen LogP contribution in [0.1, 0.15) is 27.7 Å². The van der Waals surface area contributed by atoms with Gasteiger partial charge in [0.15, 0.2) is 0 Å². The van der Waals surface area contributed by atoms with E-state index in [-0.39, 0.29) is 24.0 Å².